The Hall–Kier alpha value is -0.610. The topological polar surface area (TPSA) is 53.2 Å². The van der Waals surface area contributed by atoms with Gasteiger partial charge in [-0.15, -0.1) is 0 Å². The molecule has 1 saturated heterocycles. The van der Waals surface area contributed by atoms with Gasteiger partial charge in [0.25, 0.3) is 0 Å². The summed E-state index contributed by atoms with van der Waals surface area (Å²) in [5, 5.41) is 9.52. The maximum absolute atomic E-state index is 11.5. The monoisotopic (exact) mass is 227 g/mol. The lowest BCUT2D eigenvalue weighted by molar-refractivity contribution is -0.121. The van der Waals surface area contributed by atoms with Crippen LogP contribution in [0.1, 0.15) is 33.6 Å². The molecule has 0 aliphatic carbocycles. The van der Waals surface area contributed by atoms with Gasteiger partial charge in [0.05, 0.1) is 6.54 Å². The Morgan fingerprint density at radius 1 is 1.31 bits per heavy atom. The second kappa shape index (κ2) is 6.21. The van der Waals surface area contributed by atoms with Gasteiger partial charge in [-0.3, -0.25) is 4.79 Å². The van der Waals surface area contributed by atoms with Crippen LogP contribution in [-0.2, 0) is 4.79 Å². The van der Waals surface area contributed by atoms with Crippen molar-refractivity contribution in [1.82, 2.24) is 16.0 Å². The standard InChI is InChI=1S/C12H25N3O/c1-12(2,3)15-11(16)9-14-8-10-4-6-13-7-5-10/h10,13-14H,4-9H2,1-3H3,(H,15,16). The first-order valence-electron chi connectivity index (χ1n) is 6.20. The fraction of sp³-hybridized carbons (Fsp3) is 0.917. The minimum Gasteiger partial charge on any atom is -0.350 e. The highest BCUT2D eigenvalue weighted by atomic mass is 16.2. The van der Waals surface area contributed by atoms with Crippen LogP contribution in [0.3, 0.4) is 0 Å². The van der Waals surface area contributed by atoms with Gasteiger partial charge >= 0.3 is 0 Å². The maximum atomic E-state index is 11.5. The van der Waals surface area contributed by atoms with Gasteiger partial charge in [-0.05, 0) is 59.2 Å². The summed E-state index contributed by atoms with van der Waals surface area (Å²) in [4.78, 5) is 11.5. The van der Waals surface area contributed by atoms with Crippen LogP contribution in [0.15, 0.2) is 0 Å². The summed E-state index contributed by atoms with van der Waals surface area (Å²) < 4.78 is 0. The zero-order valence-electron chi connectivity index (χ0n) is 10.7. The van der Waals surface area contributed by atoms with Crippen molar-refractivity contribution in [2.24, 2.45) is 5.92 Å². The summed E-state index contributed by atoms with van der Waals surface area (Å²) in [6.45, 7) is 9.61. The Morgan fingerprint density at radius 3 is 2.50 bits per heavy atom. The number of nitrogens with one attached hydrogen (secondary N) is 3. The molecule has 4 heteroatoms. The van der Waals surface area contributed by atoms with Crippen LogP contribution in [0.2, 0.25) is 0 Å². The Bertz CT molecular complexity index is 217. The second-order valence-corrected chi connectivity index (χ2v) is 5.62. The summed E-state index contributed by atoms with van der Waals surface area (Å²) in [7, 11) is 0. The first-order valence-corrected chi connectivity index (χ1v) is 6.20. The minimum atomic E-state index is -0.131. The number of amides is 1. The quantitative estimate of drug-likeness (QED) is 0.655. The molecule has 0 spiro atoms. The third-order valence-electron chi connectivity index (χ3n) is 2.69. The van der Waals surface area contributed by atoms with Crippen LogP contribution < -0.4 is 16.0 Å². The van der Waals surface area contributed by atoms with Crippen molar-refractivity contribution in [3.05, 3.63) is 0 Å². The van der Waals surface area contributed by atoms with Gasteiger partial charge in [0.2, 0.25) is 5.91 Å². The molecule has 1 aliphatic heterocycles. The van der Waals surface area contributed by atoms with Crippen LogP contribution in [0.4, 0.5) is 0 Å². The molecule has 0 bridgehead atoms. The summed E-state index contributed by atoms with van der Waals surface area (Å²) in [5.74, 6) is 0.810. The van der Waals surface area contributed by atoms with Crippen LogP contribution >= 0.6 is 0 Å². The first kappa shape index (κ1) is 13.5. The van der Waals surface area contributed by atoms with Gasteiger partial charge in [0.1, 0.15) is 0 Å². The average molecular weight is 227 g/mol. The van der Waals surface area contributed by atoms with E-state index in [1.807, 2.05) is 20.8 Å². The van der Waals surface area contributed by atoms with Crippen molar-refractivity contribution in [2.45, 2.75) is 39.2 Å². The highest BCUT2D eigenvalue weighted by molar-refractivity contribution is 5.78. The van der Waals surface area contributed by atoms with E-state index < -0.39 is 0 Å². The van der Waals surface area contributed by atoms with Crippen LogP contribution in [0.5, 0.6) is 0 Å². The van der Waals surface area contributed by atoms with Gasteiger partial charge in [0.15, 0.2) is 0 Å². The summed E-state index contributed by atoms with van der Waals surface area (Å²) >= 11 is 0. The van der Waals surface area contributed by atoms with E-state index in [0.717, 1.165) is 25.6 Å². The van der Waals surface area contributed by atoms with E-state index >= 15 is 0 Å². The van der Waals surface area contributed by atoms with E-state index in [2.05, 4.69) is 16.0 Å². The fourth-order valence-corrected chi connectivity index (χ4v) is 1.94. The zero-order chi connectivity index (χ0) is 12.0. The number of hydrogen-bond acceptors (Lipinski definition) is 3. The van der Waals surface area contributed by atoms with E-state index in [1.165, 1.54) is 12.8 Å². The van der Waals surface area contributed by atoms with Crippen molar-refractivity contribution >= 4 is 5.91 Å². The summed E-state index contributed by atoms with van der Waals surface area (Å²) in [6, 6.07) is 0. The maximum Gasteiger partial charge on any atom is 0.234 e. The lowest BCUT2D eigenvalue weighted by Crippen LogP contribution is -2.45. The minimum absolute atomic E-state index is 0.0847. The third-order valence-corrected chi connectivity index (χ3v) is 2.69. The third kappa shape index (κ3) is 6.08. The van der Waals surface area contributed by atoms with Crippen molar-refractivity contribution in [3.63, 3.8) is 0 Å². The second-order valence-electron chi connectivity index (χ2n) is 5.62. The van der Waals surface area contributed by atoms with Gasteiger partial charge in [0, 0.05) is 5.54 Å². The zero-order valence-corrected chi connectivity index (χ0v) is 10.7. The fourth-order valence-electron chi connectivity index (χ4n) is 1.94. The van der Waals surface area contributed by atoms with Gasteiger partial charge in [-0.2, -0.15) is 0 Å². The predicted molar refractivity (Wildman–Crippen MR) is 66.4 cm³/mol. The molecule has 1 amide bonds. The molecule has 0 unspecified atom stereocenters. The number of carbonyl (C=O) groups is 1. The number of hydrogen-bond donors (Lipinski definition) is 3. The summed E-state index contributed by atoms with van der Waals surface area (Å²) in [6.07, 6.45) is 2.43. The van der Waals surface area contributed by atoms with E-state index in [9.17, 15) is 4.79 Å². The average Bonchev–Trinajstić information content (AvgIpc) is 2.16. The normalized spacial score (nSPS) is 18.4. The Morgan fingerprint density at radius 2 is 1.94 bits per heavy atom. The molecule has 16 heavy (non-hydrogen) atoms. The molecule has 1 aliphatic rings. The van der Waals surface area contributed by atoms with E-state index in [1.54, 1.807) is 0 Å². The van der Waals surface area contributed by atoms with Gasteiger partial charge < -0.3 is 16.0 Å². The van der Waals surface area contributed by atoms with Crippen molar-refractivity contribution in [1.29, 1.82) is 0 Å². The van der Waals surface area contributed by atoms with E-state index in [0.29, 0.717) is 6.54 Å². The lowest BCUT2D eigenvalue weighted by atomic mass is 9.98. The molecule has 3 N–H and O–H groups in total. The van der Waals surface area contributed by atoms with E-state index in [-0.39, 0.29) is 11.4 Å². The van der Waals surface area contributed by atoms with Crippen molar-refractivity contribution in [2.75, 3.05) is 26.2 Å². The molecule has 0 aromatic carbocycles. The lowest BCUT2D eigenvalue weighted by Gasteiger charge is -2.24. The molecule has 1 fully saturated rings. The molecule has 94 valence electrons. The molecule has 0 atom stereocenters. The smallest absolute Gasteiger partial charge is 0.234 e. The molecular weight excluding hydrogens is 202 g/mol. The highest BCUT2D eigenvalue weighted by Gasteiger charge is 2.15. The van der Waals surface area contributed by atoms with Crippen LogP contribution in [-0.4, -0.2) is 37.6 Å². The Labute approximate surface area is 98.6 Å². The largest absolute Gasteiger partial charge is 0.350 e. The summed E-state index contributed by atoms with van der Waals surface area (Å²) in [5.41, 5.74) is -0.131. The highest BCUT2D eigenvalue weighted by Crippen LogP contribution is 2.09. The van der Waals surface area contributed by atoms with E-state index in [4.69, 9.17) is 0 Å². The molecule has 4 nitrogen and oxygen atoms in total. The molecule has 0 aromatic heterocycles. The molecule has 0 aromatic rings. The molecule has 1 rings (SSSR count). The number of rotatable bonds is 4. The Balaban J connectivity index is 2.08. The SMILES string of the molecule is CC(C)(C)NC(=O)CNCC1CCNCC1. The molecule has 0 saturated carbocycles. The first-order chi connectivity index (χ1) is 7.47. The molecule has 0 radical (unpaired) electrons. The molecule has 1 heterocycles. The van der Waals surface area contributed by atoms with Gasteiger partial charge in [-0.1, -0.05) is 0 Å². The van der Waals surface area contributed by atoms with Gasteiger partial charge in [-0.25, -0.2) is 0 Å². The predicted octanol–water partition coefficient (Wildman–Crippen LogP) is 0.490. The van der Waals surface area contributed by atoms with Crippen molar-refractivity contribution in [3.8, 4) is 0 Å². The number of carbonyl (C=O) groups excluding carboxylic acids is 1. The number of piperidine rings is 1. The van der Waals surface area contributed by atoms with Crippen LogP contribution in [0.25, 0.3) is 0 Å². The van der Waals surface area contributed by atoms with Crippen LogP contribution in [0, 0.1) is 5.92 Å². The molecular formula is C12H25N3O. The Kier molecular flexibility index (Phi) is 5.22. The van der Waals surface area contributed by atoms with Crippen molar-refractivity contribution < 1.29 is 4.79 Å².